The molecule has 0 saturated carbocycles. The Bertz CT molecular complexity index is 1260. The molecule has 0 radical (unpaired) electrons. The number of ether oxygens (including phenoxy) is 3. The molecule has 1 N–H and O–H groups in total. The van der Waals surface area contributed by atoms with E-state index in [1.165, 1.54) is 20.4 Å². The monoisotopic (exact) mass is 536 g/mol. The summed E-state index contributed by atoms with van der Waals surface area (Å²) in [4.78, 5) is 32.0. The molecule has 200 valence electrons. The van der Waals surface area contributed by atoms with Crippen molar-refractivity contribution in [1.29, 1.82) is 0 Å². The lowest BCUT2D eigenvalue weighted by atomic mass is 9.83. The van der Waals surface area contributed by atoms with Gasteiger partial charge in [-0.3, -0.25) is 4.79 Å². The van der Waals surface area contributed by atoms with Crippen LogP contribution in [0.3, 0.4) is 0 Å². The lowest BCUT2D eigenvalue weighted by Crippen LogP contribution is -2.37. The Kier molecular flexibility index (Phi) is 9.12. The molecular weight excluding hydrogens is 504 g/mol. The number of esters is 1. The summed E-state index contributed by atoms with van der Waals surface area (Å²) < 4.78 is 16.9. The number of hydrogen-bond acceptors (Lipinski definition) is 8. The number of hydrogen-bond donors (Lipinski definition) is 1. The van der Waals surface area contributed by atoms with Gasteiger partial charge >= 0.3 is 5.97 Å². The van der Waals surface area contributed by atoms with Crippen LogP contribution in [0.1, 0.15) is 45.9 Å². The van der Waals surface area contributed by atoms with Crippen LogP contribution in [0, 0.1) is 6.92 Å². The zero-order valence-electron chi connectivity index (χ0n) is 21.8. The Morgan fingerprint density at radius 1 is 1.00 bits per heavy atom. The predicted octanol–water partition coefficient (Wildman–Crippen LogP) is 4.82. The molecule has 0 aliphatic carbocycles. The van der Waals surface area contributed by atoms with Gasteiger partial charge in [0, 0.05) is 54.3 Å². The Balaban J connectivity index is 1.77. The predicted molar refractivity (Wildman–Crippen MR) is 147 cm³/mol. The van der Waals surface area contributed by atoms with Gasteiger partial charge in [0.15, 0.2) is 11.5 Å². The largest absolute Gasteiger partial charge is 0.504 e. The molecule has 3 aromatic rings. The van der Waals surface area contributed by atoms with E-state index in [9.17, 15) is 14.7 Å². The number of pyridine rings is 1. The first-order valence-corrected chi connectivity index (χ1v) is 13.6. The second kappa shape index (κ2) is 12.7. The minimum absolute atomic E-state index is 0.0530. The number of phenols is 1. The van der Waals surface area contributed by atoms with Crippen molar-refractivity contribution in [3.05, 3.63) is 77.1 Å². The lowest BCUT2D eigenvalue weighted by molar-refractivity contribution is -0.131. The third-order valence-electron chi connectivity index (χ3n) is 6.67. The Labute approximate surface area is 226 Å². The standard InChI is InChI=1S/C29H32N2O6S/c1-19-24(21(20-9-5-4-6-10-20)12-13-23(32)31-15-17-38-18-16-31)25(33)27(35-2)28(36-3)26(19)37-29(34)22-11-7-8-14-30-22/h4-11,14,21,33H,12-13,15-18H2,1-3H3. The number of methoxy groups -OCH3 is 2. The number of benzene rings is 2. The van der Waals surface area contributed by atoms with Crippen molar-refractivity contribution < 1.29 is 28.9 Å². The molecule has 0 spiro atoms. The molecule has 1 amide bonds. The lowest BCUT2D eigenvalue weighted by Gasteiger charge is -2.28. The van der Waals surface area contributed by atoms with Crippen LogP contribution in [0.15, 0.2) is 54.7 Å². The number of phenolic OH excluding ortho intramolecular Hbond substituents is 1. The van der Waals surface area contributed by atoms with Crippen molar-refractivity contribution in [1.82, 2.24) is 9.88 Å². The van der Waals surface area contributed by atoms with Crippen molar-refractivity contribution >= 4 is 23.6 Å². The average Bonchev–Trinajstić information content (AvgIpc) is 2.97. The van der Waals surface area contributed by atoms with Crippen LogP contribution in [-0.4, -0.2) is 65.7 Å². The highest BCUT2D eigenvalue weighted by Crippen LogP contribution is 2.53. The van der Waals surface area contributed by atoms with Gasteiger partial charge in [-0.15, -0.1) is 0 Å². The number of rotatable bonds is 9. The maximum Gasteiger partial charge on any atom is 0.362 e. The molecule has 38 heavy (non-hydrogen) atoms. The zero-order valence-corrected chi connectivity index (χ0v) is 22.6. The van der Waals surface area contributed by atoms with Crippen molar-refractivity contribution in [2.24, 2.45) is 0 Å². The van der Waals surface area contributed by atoms with Gasteiger partial charge < -0.3 is 24.2 Å². The number of aromatic nitrogens is 1. The number of thioether (sulfide) groups is 1. The molecule has 1 aliphatic heterocycles. The van der Waals surface area contributed by atoms with Crippen LogP contribution >= 0.6 is 11.8 Å². The zero-order chi connectivity index (χ0) is 27.1. The summed E-state index contributed by atoms with van der Waals surface area (Å²) in [5.74, 6) is 1.10. The van der Waals surface area contributed by atoms with Gasteiger partial charge in [-0.1, -0.05) is 36.4 Å². The summed E-state index contributed by atoms with van der Waals surface area (Å²) in [5.41, 5.74) is 2.08. The van der Waals surface area contributed by atoms with E-state index in [2.05, 4.69) is 4.98 Å². The smallest absolute Gasteiger partial charge is 0.362 e. The minimum Gasteiger partial charge on any atom is -0.504 e. The van der Waals surface area contributed by atoms with E-state index in [1.54, 1.807) is 25.1 Å². The summed E-state index contributed by atoms with van der Waals surface area (Å²) in [7, 11) is 2.83. The van der Waals surface area contributed by atoms with Crippen LogP contribution in [-0.2, 0) is 4.79 Å². The van der Waals surface area contributed by atoms with E-state index < -0.39 is 5.97 Å². The fourth-order valence-electron chi connectivity index (χ4n) is 4.76. The van der Waals surface area contributed by atoms with E-state index in [-0.39, 0.29) is 40.5 Å². The topological polar surface area (TPSA) is 98.2 Å². The van der Waals surface area contributed by atoms with Crippen molar-refractivity contribution in [3.63, 3.8) is 0 Å². The van der Waals surface area contributed by atoms with Crippen LogP contribution in [0.5, 0.6) is 23.0 Å². The van der Waals surface area contributed by atoms with Gasteiger partial charge in [0.25, 0.3) is 0 Å². The van der Waals surface area contributed by atoms with Gasteiger partial charge in [0.1, 0.15) is 5.69 Å². The van der Waals surface area contributed by atoms with Crippen LogP contribution in [0.25, 0.3) is 0 Å². The molecule has 2 aromatic carbocycles. The van der Waals surface area contributed by atoms with Gasteiger partial charge in [-0.25, -0.2) is 9.78 Å². The number of nitrogens with zero attached hydrogens (tertiary/aromatic N) is 2. The van der Waals surface area contributed by atoms with Crippen molar-refractivity contribution in [2.45, 2.75) is 25.7 Å². The van der Waals surface area contributed by atoms with E-state index in [0.717, 1.165) is 30.2 Å². The quantitative estimate of drug-likeness (QED) is 0.307. The molecule has 2 heterocycles. The molecule has 9 heteroatoms. The third kappa shape index (κ3) is 5.88. The second-order valence-electron chi connectivity index (χ2n) is 8.88. The molecule has 0 bridgehead atoms. The van der Waals surface area contributed by atoms with Crippen molar-refractivity contribution in [3.8, 4) is 23.0 Å². The number of carbonyl (C=O) groups excluding carboxylic acids is 2. The molecule has 1 fully saturated rings. The fraction of sp³-hybridized carbons (Fsp3) is 0.345. The first-order chi connectivity index (χ1) is 18.5. The maximum atomic E-state index is 13.1. The van der Waals surface area contributed by atoms with E-state index >= 15 is 0 Å². The first-order valence-electron chi connectivity index (χ1n) is 12.5. The van der Waals surface area contributed by atoms with E-state index in [1.807, 2.05) is 47.0 Å². The Hall–Kier alpha value is -3.72. The SMILES string of the molecule is COc1c(O)c(C(CCC(=O)N2CCSCC2)c2ccccc2)c(C)c(OC(=O)c2ccccn2)c1OC. The van der Waals surface area contributed by atoms with Crippen LogP contribution in [0.4, 0.5) is 0 Å². The van der Waals surface area contributed by atoms with E-state index in [4.69, 9.17) is 14.2 Å². The number of carbonyl (C=O) groups is 2. The molecular formula is C29H32N2O6S. The van der Waals surface area contributed by atoms with E-state index in [0.29, 0.717) is 24.0 Å². The van der Waals surface area contributed by atoms with Gasteiger partial charge in [0.05, 0.1) is 14.2 Å². The van der Waals surface area contributed by atoms with Gasteiger partial charge in [-0.05, 0) is 31.0 Å². The average molecular weight is 537 g/mol. The highest BCUT2D eigenvalue weighted by atomic mass is 32.2. The molecule has 8 nitrogen and oxygen atoms in total. The van der Waals surface area contributed by atoms with Gasteiger partial charge in [-0.2, -0.15) is 11.8 Å². The molecule has 1 aliphatic rings. The third-order valence-corrected chi connectivity index (χ3v) is 7.61. The molecule has 1 unspecified atom stereocenters. The fourth-order valence-corrected chi connectivity index (χ4v) is 5.66. The Morgan fingerprint density at radius 2 is 1.68 bits per heavy atom. The minimum atomic E-state index is -0.667. The molecule has 1 atom stereocenters. The molecule has 4 rings (SSSR count). The molecule has 1 saturated heterocycles. The summed E-state index contributed by atoms with van der Waals surface area (Å²) in [6.07, 6.45) is 2.26. The molecule has 1 aromatic heterocycles. The summed E-state index contributed by atoms with van der Waals surface area (Å²) in [5, 5.41) is 11.4. The second-order valence-corrected chi connectivity index (χ2v) is 10.1. The number of aromatic hydroxyl groups is 1. The van der Waals surface area contributed by atoms with Crippen LogP contribution in [0.2, 0.25) is 0 Å². The first kappa shape index (κ1) is 27.3. The highest BCUT2D eigenvalue weighted by Gasteiger charge is 2.32. The maximum absolute atomic E-state index is 13.1. The normalized spacial score (nSPS) is 14.0. The van der Waals surface area contributed by atoms with Crippen LogP contribution < -0.4 is 14.2 Å². The Morgan fingerprint density at radius 3 is 2.32 bits per heavy atom. The van der Waals surface area contributed by atoms with Crippen molar-refractivity contribution in [2.75, 3.05) is 38.8 Å². The summed E-state index contributed by atoms with van der Waals surface area (Å²) in [6.45, 7) is 3.25. The summed E-state index contributed by atoms with van der Waals surface area (Å²) in [6, 6.07) is 14.6. The summed E-state index contributed by atoms with van der Waals surface area (Å²) >= 11 is 1.85. The van der Waals surface area contributed by atoms with Gasteiger partial charge in [0.2, 0.25) is 17.4 Å². The highest BCUT2D eigenvalue weighted by molar-refractivity contribution is 7.99. The number of amides is 1.